The molecule has 6 heteroatoms. The Morgan fingerprint density at radius 2 is 2.00 bits per heavy atom. The first-order chi connectivity index (χ1) is 5.14. The Hall–Kier alpha value is -0.380. The van der Waals surface area contributed by atoms with Gasteiger partial charge in [-0.25, -0.2) is 0 Å². The van der Waals surface area contributed by atoms with E-state index in [4.69, 9.17) is 5.21 Å². The van der Waals surface area contributed by atoms with Gasteiger partial charge in [0.25, 0.3) is 0 Å². The van der Waals surface area contributed by atoms with Gasteiger partial charge in [0.2, 0.25) is 0 Å². The highest BCUT2D eigenvalue weighted by Gasteiger charge is 2.28. The Balaban J connectivity index is 4.62. The number of nitrogens with zero attached hydrogens (tertiary/aromatic N) is 1. The van der Waals surface area contributed by atoms with E-state index in [9.17, 15) is 4.57 Å². The number of rotatable bonds is 4. The van der Waals surface area contributed by atoms with E-state index >= 15 is 0 Å². The Morgan fingerprint density at radius 3 is 2.09 bits per heavy atom. The summed E-state index contributed by atoms with van der Waals surface area (Å²) in [5.41, 5.74) is 0.0301. The predicted octanol–water partition coefficient (Wildman–Crippen LogP) is 1.67. The highest BCUT2D eigenvalue weighted by molar-refractivity contribution is 7.72. The lowest BCUT2D eigenvalue weighted by molar-refractivity contribution is 0.282. The lowest BCUT2D eigenvalue weighted by Crippen LogP contribution is -2.02. The fourth-order valence-electron chi connectivity index (χ4n) is 0.604. The highest BCUT2D eigenvalue weighted by atomic mass is 31.2. The van der Waals surface area contributed by atoms with Crippen molar-refractivity contribution in [3.63, 3.8) is 0 Å². The molecule has 0 bridgehead atoms. The van der Waals surface area contributed by atoms with Crippen LogP contribution in [0, 0.1) is 0 Å². The largest absolute Gasteiger partial charge is 0.410 e. The summed E-state index contributed by atoms with van der Waals surface area (Å²) in [6.45, 7) is 1.69. The molecule has 0 aliphatic heterocycles. The third-order valence-electron chi connectivity index (χ3n) is 1.23. The van der Waals surface area contributed by atoms with Crippen LogP contribution in [0.25, 0.3) is 0 Å². The van der Waals surface area contributed by atoms with Crippen molar-refractivity contribution in [2.45, 2.75) is 13.3 Å². The fourth-order valence-corrected chi connectivity index (χ4v) is 1.67. The molecule has 11 heavy (non-hydrogen) atoms. The van der Waals surface area contributed by atoms with Gasteiger partial charge in [-0.3, -0.25) is 4.57 Å². The molecule has 0 aromatic heterocycles. The molecule has 0 fully saturated rings. The molecule has 0 aromatic carbocycles. The first kappa shape index (κ1) is 10.6. The summed E-state index contributed by atoms with van der Waals surface area (Å²) in [5.74, 6) is 0. The molecule has 0 aliphatic rings. The quantitative estimate of drug-likeness (QED) is 0.310. The smallest absolute Gasteiger partial charge is 0.378 e. The van der Waals surface area contributed by atoms with E-state index in [-0.39, 0.29) is 5.45 Å². The molecular formula is C5H12NO4P. The van der Waals surface area contributed by atoms with E-state index < -0.39 is 7.60 Å². The Bertz CT molecular complexity index is 183. The molecule has 66 valence electrons. The molecule has 1 N–H and O–H groups in total. The third kappa shape index (κ3) is 2.29. The monoisotopic (exact) mass is 181 g/mol. The maximum Gasteiger partial charge on any atom is 0.378 e. The van der Waals surface area contributed by atoms with Gasteiger partial charge < -0.3 is 14.3 Å². The van der Waals surface area contributed by atoms with Crippen molar-refractivity contribution in [3.05, 3.63) is 0 Å². The maximum atomic E-state index is 11.4. The molecule has 0 heterocycles. The minimum atomic E-state index is -3.29. The molecule has 0 aromatic rings. The number of oxime groups is 1. The molecular weight excluding hydrogens is 169 g/mol. The Labute approximate surface area is 65.5 Å². The van der Waals surface area contributed by atoms with Crippen LogP contribution in [-0.4, -0.2) is 24.9 Å². The molecule has 0 radical (unpaired) electrons. The molecule has 0 atom stereocenters. The Kier molecular flexibility index (Phi) is 4.33. The molecule has 0 rings (SSSR count). The van der Waals surface area contributed by atoms with Gasteiger partial charge in [-0.15, -0.1) is 0 Å². The fraction of sp³-hybridized carbons (Fsp3) is 0.800. The first-order valence-corrected chi connectivity index (χ1v) is 4.61. The second kappa shape index (κ2) is 4.49. The third-order valence-corrected chi connectivity index (χ3v) is 3.23. The molecule has 0 saturated heterocycles. The molecule has 0 saturated carbocycles. The summed E-state index contributed by atoms with van der Waals surface area (Å²) in [6.07, 6.45) is 0.329. The molecule has 5 nitrogen and oxygen atoms in total. The van der Waals surface area contributed by atoms with Gasteiger partial charge in [-0.1, -0.05) is 12.1 Å². The van der Waals surface area contributed by atoms with Gasteiger partial charge in [-0.05, 0) is 6.42 Å². The van der Waals surface area contributed by atoms with E-state index in [1.54, 1.807) is 6.92 Å². The first-order valence-electron chi connectivity index (χ1n) is 3.07. The van der Waals surface area contributed by atoms with Crippen LogP contribution in [0.4, 0.5) is 0 Å². The standard InChI is InChI=1S/C5H12NO4P/c1-4-5(6-7)11(8,9-2)10-3/h7H,4H2,1-3H3/b6-5-. The summed E-state index contributed by atoms with van der Waals surface area (Å²) < 4.78 is 20.5. The zero-order valence-corrected chi connectivity index (χ0v) is 7.67. The van der Waals surface area contributed by atoms with Crippen LogP contribution < -0.4 is 0 Å². The Morgan fingerprint density at radius 1 is 1.55 bits per heavy atom. The summed E-state index contributed by atoms with van der Waals surface area (Å²) in [4.78, 5) is 0. The lowest BCUT2D eigenvalue weighted by atomic mass is 10.5. The van der Waals surface area contributed by atoms with E-state index in [1.165, 1.54) is 14.2 Å². The number of hydrogen-bond acceptors (Lipinski definition) is 5. The van der Waals surface area contributed by atoms with Crippen LogP contribution in [-0.2, 0) is 13.6 Å². The molecule has 0 aliphatic carbocycles. The van der Waals surface area contributed by atoms with Gasteiger partial charge in [0.1, 0.15) is 0 Å². The van der Waals surface area contributed by atoms with Crippen LogP contribution in [0.3, 0.4) is 0 Å². The van der Waals surface area contributed by atoms with E-state index in [2.05, 4.69) is 14.2 Å². The van der Waals surface area contributed by atoms with Gasteiger partial charge in [0, 0.05) is 14.2 Å². The van der Waals surface area contributed by atoms with Gasteiger partial charge in [-0.2, -0.15) is 0 Å². The van der Waals surface area contributed by atoms with Crippen molar-refractivity contribution in [2.24, 2.45) is 5.16 Å². The number of hydrogen-bond donors (Lipinski definition) is 1. The molecule has 0 amide bonds. The SMILES string of the molecule is CC/C(=N/O)P(=O)(OC)OC. The minimum absolute atomic E-state index is 0.0301. The lowest BCUT2D eigenvalue weighted by Gasteiger charge is -2.12. The average molecular weight is 181 g/mol. The second-order valence-corrected chi connectivity index (χ2v) is 3.97. The van der Waals surface area contributed by atoms with E-state index in [1.807, 2.05) is 0 Å². The van der Waals surface area contributed by atoms with Crippen LogP contribution >= 0.6 is 7.60 Å². The average Bonchev–Trinajstić information content (AvgIpc) is 2.06. The predicted molar refractivity (Wildman–Crippen MR) is 41.1 cm³/mol. The van der Waals surface area contributed by atoms with Crippen molar-refractivity contribution >= 4 is 13.0 Å². The van der Waals surface area contributed by atoms with Gasteiger partial charge in [0.05, 0.1) is 0 Å². The highest BCUT2D eigenvalue weighted by Crippen LogP contribution is 2.48. The van der Waals surface area contributed by atoms with Crippen LogP contribution in [0.5, 0.6) is 0 Å². The second-order valence-electron chi connectivity index (χ2n) is 1.73. The van der Waals surface area contributed by atoms with Crippen LogP contribution in [0.15, 0.2) is 5.16 Å². The topological polar surface area (TPSA) is 68.1 Å². The molecule has 0 spiro atoms. The van der Waals surface area contributed by atoms with Crippen molar-refractivity contribution in [1.82, 2.24) is 0 Å². The van der Waals surface area contributed by atoms with Crippen molar-refractivity contribution in [3.8, 4) is 0 Å². The van der Waals surface area contributed by atoms with E-state index in [0.717, 1.165) is 0 Å². The molecule has 0 unspecified atom stereocenters. The van der Waals surface area contributed by atoms with Crippen molar-refractivity contribution < 1.29 is 18.8 Å². The van der Waals surface area contributed by atoms with Crippen molar-refractivity contribution in [1.29, 1.82) is 0 Å². The van der Waals surface area contributed by atoms with Gasteiger partial charge >= 0.3 is 7.60 Å². The normalized spacial score (nSPS) is 13.5. The maximum absolute atomic E-state index is 11.4. The summed E-state index contributed by atoms with van der Waals surface area (Å²) in [6, 6.07) is 0. The van der Waals surface area contributed by atoms with Crippen molar-refractivity contribution in [2.75, 3.05) is 14.2 Å². The summed E-state index contributed by atoms with van der Waals surface area (Å²) in [5, 5.41) is 11.2. The summed E-state index contributed by atoms with van der Waals surface area (Å²) >= 11 is 0. The van der Waals surface area contributed by atoms with Gasteiger partial charge in [0.15, 0.2) is 5.45 Å². The van der Waals surface area contributed by atoms with Crippen LogP contribution in [0.2, 0.25) is 0 Å². The van der Waals surface area contributed by atoms with Crippen LogP contribution in [0.1, 0.15) is 13.3 Å². The zero-order chi connectivity index (χ0) is 8.91. The summed E-state index contributed by atoms with van der Waals surface area (Å²) in [7, 11) is -0.809. The zero-order valence-electron chi connectivity index (χ0n) is 6.77. The van der Waals surface area contributed by atoms with E-state index in [0.29, 0.717) is 6.42 Å². The minimum Gasteiger partial charge on any atom is -0.410 e.